The second kappa shape index (κ2) is 6.35. The molecule has 0 aromatic carbocycles. The summed E-state index contributed by atoms with van der Waals surface area (Å²) in [5, 5.41) is 9.03. The van der Waals surface area contributed by atoms with Gasteiger partial charge in [-0.2, -0.15) is 0 Å². The quantitative estimate of drug-likeness (QED) is 0.545. The third kappa shape index (κ3) is 6.05. The average Bonchev–Trinajstić information content (AvgIpc) is 1.97. The fourth-order valence-corrected chi connectivity index (χ4v) is 1.24. The first-order valence-corrected chi connectivity index (χ1v) is 4.28. The van der Waals surface area contributed by atoms with Crippen LogP contribution in [-0.4, -0.2) is 17.5 Å². The zero-order chi connectivity index (χ0) is 8.69. The Hall–Kier alpha value is -0.370. The molecule has 1 fully saturated rings. The zero-order valence-corrected chi connectivity index (χ0v) is 7.42. The molecule has 0 radical (unpaired) electrons. The van der Waals surface area contributed by atoms with Crippen LogP contribution < -0.4 is 0 Å². The molecule has 0 aromatic heterocycles. The van der Waals surface area contributed by atoms with Crippen LogP contribution >= 0.6 is 0 Å². The van der Waals surface area contributed by atoms with Gasteiger partial charge in [0.05, 0.1) is 6.10 Å². The molecule has 0 saturated heterocycles. The lowest BCUT2D eigenvalue weighted by molar-refractivity contribution is -0.106. The van der Waals surface area contributed by atoms with Gasteiger partial charge in [0, 0.05) is 0 Å². The van der Waals surface area contributed by atoms with Gasteiger partial charge in [-0.25, -0.2) is 0 Å². The Morgan fingerprint density at radius 1 is 1.27 bits per heavy atom. The molecule has 0 aliphatic heterocycles. The first-order chi connectivity index (χ1) is 5.20. The molecule has 0 aromatic rings. The highest BCUT2D eigenvalue weighted by Gasteiger charge is 2.14. The monoisotopic (exact) mass is 158 g/mol. The van der Waals surface area contributed by atoms with Gasteiger partial charge in [0.25, 0.3) is 0 Å². The van der Waals surface area contributed by atoms with Crippen molar-refractivity contribution in [3.63, 3.8) is 0 Å². The van der Waals surface area contributed by atoms with Gasteiger partial charge >= 0.3 is 0 Å². The number of aliphatic hydroxyl groups excluding tert-OH is 1. The fourth-order valence-electron chi connectivity index (χ4n) is 1.24. The number of aliphatic hydroxyl groups is 1. The molecule has 1 N–H and O–H groups in total. The average molecular weight is 158 g/mol. The van der Waals surface area contributed by atoms with Gasteiger partial charge in [-0.1, -0.05) is 6.92 Å². The van der Waals surface area contributed by atoms with E-state index < -0.39 is 0 Å². The molecule has 1 rings (SSSR count). The number of carbonyl (C=O) groups excluding carboxylic acids is 1. The van der Waals surface area contributed by atoms with E-state index in [-0.39, 0.29) is 6.10 Å². The van der Waals surface area contributed by atoms with E-state index in [4.69, 9.17) is 9.90 Å². The smallest absolute Gasteiger partial charge is 0.116 e. The molecule has 1 saturated carbocycles. The Bertz CT molecular complexity index is 83.7. The molecule has 1 aliphatic rings. The Morgan fingerprint density at radius 2 is 1.64 bits per heavy atom. The van der Waals surface area contributed by atoms with Crippen molar-refractivity contribution < 1.29 is 9.90 Å². The first kappa shape index (κ1) is 10.6. The minimum Gasteiger partial charge on any atom is -0.393 e. The maximum Gasteiger partial charge on any atom is 0.116 e. The molecule has 0 amide bonds. The molecule has 2 heteroatoms. The third-order valence-corrected chi connectivity index (χ3v) is 1.99. The largest absolute Gasteiger partial charge is 0.393 e. The molecular formula is C9H18O2. The summed E-state index contributed by atoms with van der Waals surface area (Å²) in [6, 6.07) is 0. The van der Waals surface area contributed by atoms with E-state index in [1.807, 2.05) is 0 Å². The van der Waals surface area contributed by atoms with Gasteiger partial charge in [-0.15, -0.1) is 0 Å². The maximum atomic E-state index is 9.03. The van der Waals surface area contributed by atoms with Crippen molar-refractivity contribution >= 4 is 6.29 Å². The predicted molar refractivity (Wildman–Crippen MR) is 45.4 cm³/mol. The molecule has 0 atom stereocenters. The van der Waals surface area contributed by atoms with Gasteiger partial charge in [0.1, 0.15) is 6.29 Å². The van der Waals surface area contributed by atoms with E-state index >= 15 is 0 Å². The van der Waals surface area contributed by atoms with E-state index in [0.717, 1.165) is 25.0 Å². The summed E-state index contributed by atoms with van der Waals surface area (Å²) in [6.45, 7) is 3.70. The minimum atomic E-state index is 0.0196. The van der Waals surface area contributed by atoms with Crippen LogP contribution in [0.15, 0.2) is 0 Å². The summed E-state index contributed by atoms with van der Waals surface area (Å²) in [7, 11) is 0. The molecule has 0 spiro atoms. The Morgan fingerprint density at radius 3 is 1.91 bits per heavy atom. The Labute approximate surface area is 68.6 Å². The highest BCUT2D eigenvalue weighted by atomic mass is 16.3. The Kier molecular flexibility index (Phi) is 6.13. The van der Waals surface area contributed by atoms with Crippen LogP contribution in [0.5, 0.6) is 0 Å². The topological polar surface area (TPSA) is 37.3 Å². The van der Waals surface area contributed by atoms with Crippen LogP contribution in [-0.2, 0) is 4.79 Å². The third-order valence-electron chi connectivity index (χ3n) is 1.99. The van der Waals surface area contributed by atoms with E-state index in [9.17, 15) is 0 Å². The lowest BCUT2D eigenvalue weighted by Gasteiger charge is -2.21. The number of carbonyl (C=O) groups is 1. The molecular weight excluding hydrogens is 140 g/mol. The number of aldehydes is 1. The van der Waals surface area contributed by atoms with Gasteiger partial charge in [-0.3, -0.25) is 0 Å². The second-order valence-corrected chi connectivity index (χ2v) is 3.15. The van der Waals surface area contributed by atoms with Gasteiger partial charge < -0.3 is 9.90 Å². The SMILES string of the molecule is CC1CCC(O)CC1.CC=O. The first-order valence-electron chi connectivity index (χ1n) is 4.28. The van der Waals surface area contributed by atoms with Crippen molar-refractivity contribution in [3.05, 3.63) is 0 Å². The molecule has 1 aliphatic carbocycles. The van der Waals surface area contributed by atoms with Crippen LogP contribution in [0.2, 0.25) is 0 Å². The van der Waals surface area contributed by atoms with Gasteiger partial charge in [-0.05, 0) is 38.5 Å². The number of rotatable bonds is 0. The molecule has 0 unspecified atom stereocenters. The van der Waals surface area contributed by atoms with Gasteiger partial charge in [0.2, 0.25) is 0 Å². The van der Waals surface area contributed by atoms with Crippen LogP contribution in [0.3, 0.4) is 0 Å². The van der Waals surface area contributed by atoms with Crippen molar-refractivity contribution in [2.24, 2.45) is 5.92 Å². The maximum absolute atomic E-state index is 9.03. The normalized spacial score (nSPS) is 30.1. The fraction of sp³-hybridized carbons (Fsp3) is 0.889. The minimum absolute atomic E-state index is 0.0196. The summed E-state index contributed by atoms with van der Waals surface area (Å²) >= 11 is 0. The summed E-state index contributed by atoms with van der Waals surface area (Å²) < 4.78 is 0. The second-order valence-electron chi connectivity index (χ2n) is 3.15. The van der Waals surface area contributed by atoms with E-state index in [1.165, 1.54) is 19.8 Å². The lowest BCUT2D eigenvalue weighted by atomic mass is 9.89. The standard InChI is InChI=1S/C7H14O.C2H4O/c1-6-2-4-7(8)5-3-6;1-2-3/h6-8H,2-5H2,1H3;2H,1H3. The summed E-state index contributed by atoms with van der Waals surface area (Å²) in [5.74, 6) is 0.860. The number of hydrogen-bond donors (Lipinski definition) is 1. The zero-order valence-electron chi connectivity index (χ0n) is 7.42. The van der Waals surface area contributed by atoms with Crippen LogP contribution in [0.1, 0.15) is 39.5 Å². The highest BCUT2D eigenvalue weighted by molar-refractivity contribution is 5.44. The van der Waals surface area contributed by atoms with Crippen molar-refractivity contribution in [2.75, 3.05) is 0 Å². The predicted octanol–water partition coefficient (Wildman–Crippen LogP) is 1.76. The van der Waals surface area contributed by atoms with Crippen LogP contribution in [0, 0.1) is 5.92 Å². The van der Waals surface area contributed by atoms with Crippen molar-refractivity contribution in [2.45, 2.75) is 45.6 Å². The summed E-state index contributed by atoms with van der Waals surface area (Å²) in [4.78, 5) is 8.81. The van der Waals surface area contributed by atoms with E-state index in [1.54, 1.807) is 0 Å². The van der Waals surface area contributed by atoms with E-state index in [0.29, 0.717) is 0 Å². The molecule has 11 heavy (non-hydrogen) atoms. The lowest BCUT2D eigenvalue weighted by Crippen LogP contribution is -2.15. The van der Waals surface area contributed by atoms with Crippen molar-refractivity contribution in [1.29, 1.82) is 0 Å². The van der Waals surface area contributed by atoms with E-state index in [2.05, 4.69) is 6.92 Å². The number of hydrogen-bond acceptors (Lipinski definition) is 2. The Balaban J connectivity index is 0.000000292. The summed E-state index contributed by atoms with van der Waals surface area (Å²) in [5.41, 5.74) is 0. The highest BCUT2D eigenvalue weighted by Crippen LogP contribution is 2.22. The molecule has 2 nitrogen and oxygen atoms in total. The van der Waals surface area contributed by atoms with Crippen LogP contribution in [0.4, 0.5) is 0 Å². The van der Waals surface area contributed by atoms with Crippen molar-refractivity contribution in [3.8, 4) is 0 Å². The van der Waals surface area contributed by atoms with Gasteiger partial charge in [0.15, 0.2) is 0 Å². The van der Waals surface area contributed by atoms with Crippen LogP contribution in [0.25, 0.3) is 0 Å². The molecule has 0 bridgehead atoms. The van der Waals surface area contributed by atoms with Crippen molar-refractivity contribution in [1.82, 2.24) is 0 Å². The molecule has 66 valence electrons. The summed E-state index contributed by atoms with van der Waals surface area (Å²) in [6.07, 6.45) is 5.27. The molecule has 0 heterocycles.